The second-order valence-corrected chi connectivity index (χ2v) is 5.90. The number of carbonyl (C=O) groups is 1. The van der Waals surface area contributed by atoms with E-state index in [0.717, 1.165) is 20.7 Å². The third kappa shape index (κ3) is 2.61. The van der Waals surface area contributed by atoms with Crippen LogP contribution in [-0.4, -0.2) is 15.6 Å². The molecule has 17 heavy (non-hydrogen) atoms. The number of aromatic nitrogens is 2. The number of ketones is 1. The highest BCUT2D eigenvalue weighted by molar-refractivity contribution is 9.10. The lowest BCUT2D eigenvalue weighted by molar-refractivity contribution is 0.0994. The van der Waals surface area contributed by atoms with Crippen LogP contribution in [0.1, 0.15) is 21.1 Å². The quantitative estimate of drug-likeness (QED) is 0.804. The van der Waals surface area contributed by atoms with Crippen molar-refractivity contribution < 1.29 is 4.79 Å². The molecule has 2 heterocycles. The van der Waals surface area contributed by atoms with Crippen LogP contribution in [-0.2, 0) is 13.5 Å². The van der Waals surface area contributed by atoms with Crippen LogP contribution in [0, 0.1) is 6.92 Å². The lowest BCUT2D eigenvalue weighted by atomic mass is 10.2. The maximum Gasteiger partial charge on any atom is 0.178 e. The van der Waals surface area contributed by atoms with Gasteiger partial charge in [-0.3, -0.25) is 9.48 Å². The minimum Gasteiger partial charge on any atom is -0.293 e. The summed E-state index contributed by atoms with van der Waals surface area (Å²) in [6.45, 7) is 1.83. The predicted molar refractivity (Wildman–Crippen MR) is 73.0 cm³/mol. The lowest BCUT2D eigenvalue weighted by Gasteiger charge is -2.00. The normalized spacial score (nSPS) is 10.8. The number of rotatable bonds is 3. The Balaban J connectivity index is 2.24. The van der Waals surface area contributed by atoms with Crippen molar-refractivity contribution in [1.29, 1.82) is 0 Å². The van der Waals surface area contributed by atoms with E-state index in [9.17, 15) is 4.79 Å². The number of thiophene rings is 1. The molecule has 6 heteroatoms. The summed E-state index contributed by atoms with van der Waals surface area (Å²) in [5.41, 5.74) is 1.52. The molecule has 2 aromatic rings. The molecule has 0 bridgehead atoms. The number of Topliss-reactive ketones (excluding diaryl/α,β-unsaturated/α-hetero) is 1. The van der Waals surface area contributed by atoms with E-state index in [1.807, 2.05) is 18.4 Å². The number of nitrogens with zero attached hydrogens (tertiary/aromatic N) is 2. The van der Waals surface area contributed by atoms with Crippen molar-refractivity contribution in [3.63, 3.8) is 0 Å². The van der Waals surface area contributed by atoms with Crippen molar-refractivity contribution in [1.82, 2.24) is 9.78 Å². The molecular formula is C11H10BrClN2OS. The van der Waals surface area contributed by atoms with Crippen LogP contribution in [0.2, 0.25) is 5.02 Å². The largest absolute Gasteiger partial charge is 0.293 e. The van der Waals surface area contributed by atoms with Crippen molar-refractivity contribution in [2.75, 3.05) is 0 Å². The molecule has 0 aliphatic heterocycles. The number of aryl methyl sites for hydroxylation is 2. The van der Waals surface area contributed by atoms with Crippen LogP contribution in [0.25, 0.3) is 0 Å². The van der Waals surface area contributed by atoms with Gasteiger partial charge in [-0.15, -0.1) is 11.3 Å². The van der Waals surface area contributed by atoms with Gasteiger partial charge in [0.15, 0.2) is 5.78 Å². The molecule has 0 saturated carbocycles. The van der Waals surface area contributed by atoms with Gasteiger partial charge in [0.2, 0.25) is 0 Å². The Hall–Kier alpha value is -0.650. The number of hydrogen-bond donors (Lipinski definition) is 0. The fraction of sp³-hybridized carbons (Fsp3) is 0.273. The Kier molecular flexibility index (Phi) is 3.70. The Morgan fingerprint density at radius 1 is 1.65 bits per heavy atom. The molecule has 0 aliphatic carbocycles. The molecule has 0 amide bonds. The Morgan fingerprint density at radius 3 is 2.82 bits per heavy atom. The molecule has 0 aliphatic rings. The summed E-state index contributed by atoms with van der Waals surface area (Å²) in [5, 5.41) is 6.66. The summed E-state index contributed by atoms with van der Waals surface area (Å²) < 4.78 is 2.59. The zero-order valence-electron chi connectivity index (χ0n) is 9.33. The average molecular weight is 334 g/mol. The standard InChI is InChI=1S/C11H10BrClN2OS/c1-6-11(13)8(15(2)14-6)4-9(16)10-3-7(12)5-17-10/h3,5H,4H2,1-2H3. The molecule has 0 radical (unpaired) electrons. The van der Waals surface area contributed by atoms with E-state index in [-0.39, 0.29) is 12.2 Å². The van der Waals surface area contributed by atoms with Crippen LogP contribution in [0.3, 0.4) is 0 Å². The minimum atomic E-state index is 0.0607. The first-order chi connectivity index (χ1) is 7.99. The Labute approximate surface area is 117 Å². The second kappa shape index (κ2) is 4.92. The fourth-order valence-corrected chi connectivity index (χ4v) is 3.16. The van der Waals surface area contributed by atoms with Gasteiger partial charge in [-0.2, -0.15) is 5.10 Å². The summed E-state index contributed by atoms with van der Waals surface area (Å²) in [6.07, 6.45) is 0.281. The predicted octanol–water partition coefficient (Wildman–Crippen LogP) is 3.63. The second-order valence-electron chi connectivity index (χ2n) is 3.70. The first-order valence-corrected chi connectivity index (χ1v) is 6.99. The lowest BCUT2D eigenvalue weighted by Crippen LogP contribution is -2.06. The molecule has 0 unspecified atom stereocenters. The molecule has 0 N–H and O–H groups in total. The summed E-state index contributed by atoms with van der Waals surface area (Å²) in [5.74, 6) is 0.0607. The summed E-state index contributed by atoms with van der Waals surface area (Å²) in [6, 6.07) is 1.82. The molecule has 3 nitrogen and oxygen atoms in total. The summed E-state index contributed by atoms with van der Waals surface area (Å²) in [4.78, 5) is 12.8. The van der Waals surface area contributed by atoms with Gasteiger partial charge < -0.3 is 0 Å². The van der Waals surface area contributed by atoms with Crippen LogP contribution in [0.15, 0.2) is 15.9 Å². The maximum absolute atomic E-state index is 12.0. The van der Waals surface area contributed by atoms with Gasteiger partial charge >= 0.3 is 0 Å². The van der Waals surface area contributed by atoms with Gasteiger partial charge in [-0.05, 0) is 28.9 Å². The van der Waals surface area contributed by atoms with Crippen molar-refractivity contribution in [3.8, 4) is 0 Å². The Morgan fingerprint density at radius 2 is 2.35 bits per heavy atom. The van der Waals surface area contributed by atoms with Gasteiger partial charge in [0.05, 0.1) is 27.7 Å². The molecule has 0 atom stereocenters. The summed E-state index contributed by atoms with van der Waals surface area (Å²) in [7, 11) is 1.80. The zero-order chi connectivity index (χ0) is 12.6. The van der Waals surface area contributed by atoms with Crippen LogP contribution in [0.4, 0.5) is 0 Å². The third-order valence-corrected chi connectivity index (χ3v) is 4.66. The van der Waals surface area contributed by atoms with Crippen molar-refractivity contribution >= 4 is 44.7 Å². The smallest absolute Gasteiger partial charge is 0.178 e. The molecule has 0 fully saturated rings. The summed E-state index contributed by atoms with van der Waals surface area (Å²) >= 11 is 10.9. The van der Waals surface area contributed by atoms with Crippen molar-refractivity contribution in [2.24, 2.45) is 7.05 Å². The van der Waals surface area contributed by atoms with E-state index in [4.69, 9.17) is 11.6 Å². The first-order valence-electron chi connectivity index (χ1n) is 4.94. The van der Waals surface area contributed by atoms with Gasteiger partial charge in [0.1, 0.15) is 0 Å². The Bertz CT molecular complexity index is 576. The highest BCUT2D eigenvalue weighted by atomic mass is 79.9. The van der Waals surface area contributed by atoms with Gasteiger partial charge in [-0.1, -0.05) is 11.6 Å². The van der Waals surface area contributed by atoms with E-state index in [0.29, 0.717) is 5.02 Å². The zero-order valence-corrected chi connectivity index (χ0v) is 12.5. The number of hydrogen-bond acceptors (Lipinski definition) is 3. The van der Waals surface area contributed by atoms with Crippen molar-refractivity contribution in [2.45, 2.75) is 13.3 Å². The van der Waals surface area contributed by atoms with Gasteiger partial charge in [0, 0.05) is 16.9 Å². The van der Waals surface area contributed by atoms with Crippen LogP contribution >= 0.6 is 38.9 Å². The van der Waals surface area contributed by atoms with Crippen molar-refractivity contribution in [3.05, 3.63) is 37.2 Å². The molecule has 2 rings (SSSR count). The molecule has 0 saturated heterocycles. The van der Waals surface area contributed by atoms with E-state index in [1.54, 1.807) is 11.7 Å². The molecule has 0 aromatic carbocycles. The maximum atomic E-state index is 12.0. The molecule has 2 aromatic heterocycles. The first kappa shape index (κ1) is 12.8. The van der Waals surface area contributed by atoms with E-state index in [1.165, 1.54) is 11.3 Å². The SMILES string of the molecule is Cc1nn(C)c(CC(=O)c2cc(Br)cs2)c1Cl. The van der Waals surface area contributed by atoms with Gasteiger partial charge in [-0.25, -0.2) is 0 Å². The van der Waals surface area contributed by atoms with E-state index < -0.39 is 0 Å². The average Bonchev–Trinajstić information content (AvgIpc) is 2.79. The number of halogens is 2. The fourth-order valence-electron chi connectivity index (χ4n) is 1.57. The highest BCUT2D eigenvalue weighted by Gasteiger charge is 2.16. The molecule has 0 spiro atoms. The minimum absolute atomic E-state index is 0.0607. The monoisotopic (exact) mass is 332 g/mol. The van der Waals surface area contributed by atoms with E-state index >= 15 is 0 Å². The van der Waals surface area contributed by atoms with Crippen LogP contribution < -0.4 is 0 Å². The van der Waals surface area contributed by atoms with Gasteiger partial charge in [0.25, 0.3) is 0 Å². The van der Waals surface area contributed by atoms with Crippen LogP contribution in [0.5, 0.6) is 0 Å². The molecule has 90 valence electrons. The molecular weight excluding hydrogens is 324 g/mol. The van der Waals surface area contributed by atoms with E-state index in [2.05, 4.69) is 21.0 Å². The third-order valence-electron chi connectivity index (χ3n) is 2.43. The highest BCUT2D eigenvalue weighted by Crippen LogP contribution is 2.24. The number of carbonyl (C=O) groups excluding carboxylic acids is 1. The topological polar surface area (TPSA) is 34.9 Å².